The van der Waals surface area contributed by atoms with Gasteiger partial charge in [-0.2, -0.15) is 0 Å². The fourth-order valence-electron chi connectivity index (χ4n) is 2.05. The Labute approximate surface area is 114 Å². The summed E-state index contributed by atoms with van der Waals surface area (Å²) in [6.45, 7) is 10.2. The topological polar surface area (TPSA) is 58.4 Å². The molecule has 5 nitrogen and oxygen atoms in total. The zero-order valence-electron chi connectivity index (χ0n) is 12.0. The molecular weight excluding hydrogens is 242 g/mol. The summed E-state index contributed by atoms with van der Waals surface area (Å²) in [5.41, 5.74) is 1.87. The Morgan fingerprint density at radius 3 is 2.53 bits per heavy atom. The van der Waals surface area contributed by atoms with Gasteiger partial charge in [0.15, 0.2) is 0 Å². The summed E-state index contributed by atoms with van der Waals surface area (Å²) in [6.07, 6.45) is 1.03. The van der Waals surface area contributed by atoms with Crippen LogP contribution in [0.1, 0.15) is 25.8 Å². The number of anilines is 1. The van der Waals surface area contributed by atoms with E-state index in [9.17, 15) is 10.1 Å². The second-order valence-corrected chi connectivity index (χ2v) is 4.62. The molecule has 0 bridgehead atoms. The summed E-state index contributed by atoms with van der Waals surface area (Å²) < 4.78 is 0. The average Bonchev–Trinajstić information content (AvgIpc) is 2.38. The van der Waals surface area contributed by atoms with Gasteiger partial charge in [0.05, 0.1) is 4.92 Å². The number of nitro groups is 1. The van der Waals surface area contributed by atoms with Crippen LogP contribution in [0.4, 0.5) is 11.4 Å². The lowest BCUT2D eigenvalue weighted by Gasteiger charge is -2.17. The third-order valence-electron chi connectivity index (χ3n) is 3.15. The Morgan fingerprint density at radius 2 is 1.95 bits per heavy atom. The lowest BCUT2D eigenvalue weighted by molar-refractivity contribution is -0.384. The first-order chi connectivity index (χ1) is 9.06. The van der Waals surface area contributed by atoms with Gasteiger partial charge in [-0.15, -0.1) is 0 Å². The van der Waals surface area contributed by atoms with E-state index in [1.165, 1.54) is 0 Å². The van der Waals surface area contributed by atoms with Gasteiger partial charge >= 0.3 is 0 Å². The molecule has 0 aliphatic rings. The molecule has 0 saturated carbocycles. The van der Waals surface area contributed by atoms with E-state index in [4.69, 9.17) is 0 Å². The summed E-state index contributed by atoms with van der Waals surface area (Å²) in [4.78, 5) is 12.8. The van der Waals surface area contributed by atoms with Gasteiger partial charge in [-0.3, -0.25) is 10.1 Å². The van der Waals surface area contributed by atoms with E-state index in [0.29, 0.717) is 0 Å². The van der Waals surface area contributed by atoms with Crippen molar-refractivity contribution in [3.63, 3.8) is 0 Å². The number of non-ortho nitro benzene ring substituents is 1. The number of hydrogen-bond acceptors (Lipinski definition) is 4. The van der Waals surface area contributed by atoms with Crippen LogP contribution < -0.4 is 5.32 Å². The maximum absolute atomic E-state index is 10.8. The van der Waals surface area contributed by atoms with E-state index < -0.39 is 0 Å². The van der Waals surface area contributed by atoms with Crippen LogP contribution in [0.25, 0.3) is 0 Å². The van der Waals surface area contributed by atoms with Crippen LogP contribution in [-0.4, -0.2) is 36.0 Å². The fourth-order valence-corrected chi connectivity index (χ4v) is 2.05. The molecule has 0 amide bonds. The Balaban J connectivity index is 2.47. The normalized spacial score (nSPS) is 10.7. The molecule has 0 spiro atoms. The van der Waals surface area contributed by atoms with Crippen LogP contribution in [-0.2, 0) is 0 Å². The zero-order chi connectivity index (χ0) is 14.3. The molecule has 0 fully saturated rings. The lowest BCUT2D eigenvalue weighted by Crippen LogP contribution is -2.25. The minimum atomic E-state index is -0.353. The van der Waals surface area contributed by atoms with Crippen LogP contribution in [0.3, 0.4) is 0 Å². The minimum Gasteiger partial charge on any atom is -0.385 e. The van der Waals surface area contributed by atoms with Crippen molar-refractivity contribution in [1.82, 2.24) is 4.90 Å². The Morgan fingerprint density at radius 1 is 1.26 bits per heavy atom. The number of aryl methyl sites for hydroxylation is 1. The van der Waals surface area contributed by atoms with Crippen LogP contribution in [0.15, 0.2) is 18.2 Å². The van der Waals surface area contributed by atoms with Gasteiger partial charge in [-0.05, 0) is 44.6 Å². The van der Waals surface area contributed by atoms with E-state index in [1.807, 2.05) is 13.0 Å². The maximum Gasteiger partial charge on any atom is 0.271 e. The van der Waals surface area contributed by atoms with E-state index in [2.05, 4.69) is 24.1 Å². The second-order valence-electron chi connectivity index (χ2n) is 4.62. The first kappa shape index (κ1) is 15.4. The first-order valence-corrected chi connectivity index (χ1v) is 6.79. The van der Waals surface area contributed by atoms with Gasteiger partial charge in [0.1, 0.15) is 0 Å². The number of nitro benzene ring substituents is 1. The standard InChI is InChI=1S/C14H23N3O2/c1-4-16(5-2)8-6-7-15-13-9-12(3)10-14(11-13)17(18)19/h9-11,15H,4-8H2,1-3H3. The molecule has 0 aromatic heterocycles. The van der Waals surface area contributed by atoms with Crippen LogP contribution in [0.5, 0.6) is 0 Å². The van der Waals surface area contributed by atoms with Crippen molar-refractivity contribution in [1.29, 1.82) is 0 Å². The molecule has 0 heterocycles. The maximum atomic E-state index is 10.8. The van der Waals surface area contributed by atoms with Gasteiger partial charge in [0.25, 0.3) is 5.69 Å². The highest BCUT2D eigenvalue weighted by molar-refractivity contribution is 5.53. The largest absolute Gasteiger partial charge is 0.385 e. The molecule has 5 heteroatoms. The third kappa shape index (κ3) is 5.26. The number of nitrogens with one attached hydrogen (secondary N) is 1. The van der Waals surface area contributed by atoms with Crippen molar-refractivity contribution in [2.75, 3.05) is 31.5 Å². The van der Waals surface area contributed by atoms with E-state index in [1.54, 1.807) is 12.1 Å². The van der Waals surface area contributed by atoms with Crippen molar-refractivity contribution < 1.29 is 4.92 Å². The molecule has 0 aliphatic heterocycles. The van der Waals surface area contributed by atoms with Gasteiger partial charge in [-0.1, -0.05) is 13.8 Å². The van der Waals surface area contributed by atoms with Gasteiger partial charge in [0, 0.05) is 24.4 Å². The van der Waals surface area contributed by atoms with Crippen molar-refractivity contribution in [2.24, 2.45) is 0 Å². The number of rotatable bonds is 8. The van der Waals surface area contributed by atoms with E-state index >= 15 is 0 Å². The average molecular weight is 265 g/mol. The van der Waals surface area contributed by atoms with Crippen LogP contribution in [0.2, 0.25) is 0 Å². The molecular formula is C14H23N3O2. The van der Waals surface area contributed by atoms with Crippen LogP contribution >= 0.6 is 0 Å². The highest BCUT2D eigenvalue weighted by Crippen LogP contribution is 2.20. The fraction of sp³-hybridized carbons (Fsp3) is 0.571. The van der Waals surface area contributed by atoms with Crippen molar-refractivity contribution in [3.8, 4) is 0 Å². The second kappa shape index (κ2) is 7.74. The molecule has 0 saturated heterocycles. The molecule has 106 valence electrons. The predicted molar refractivity (Wildman–Crippen MR) is 78.7 cm³/mol. The van der Waals surface area contributed by atoms with Crippen molar-refractivity contribution in [3.05, 3.63) is 33.9 Å². The molecule has 0 atom stereocenters. The van der Waals surface area contributed by atoms with E-state index in [-0.39, 0.29) is 10.6 Å². The molecule has 1 rings (SSSR count). The molecule has 1 N–H and O–H groups in total. The first-order valence-electron chi connectivity index (χ1n) is 6.79. The molecule has 19 heavy (non-hydrogen) atoms. The van der Waals surface area contributed by atoms with Crippen LogP contribution in [0, 0.1) is 17.0 Å². The molecule has 1 aromatic carbocycles. The summed E-state index contributed by atoms with van der Waals surface area (Å²) >= 11 is 0. The van der Waals surface area contributed by atoms with Gasteiger partial charge in [0.2, 0.25) is 0 Å². The number of hydrogen-bond donors (Lipinski definition) is 1. The monoisotopic (exact) mass is 265 g/mol. The molecule has 0 unspecified atom stereocenters. The smallest absolute Gasteiger partial charge is 0.271 e. The SMILES string of the molecule is CCN(CC)CCCNc1cc(C)cc([N+](=O)[O-])c1. The van der Waals surface area contributed by atoms with Crippen molar-refractivity contribution in [2.45, 2.75) is 27.2 Å². The summed E-state index contributed by atoms with van der Waals surface area (Å²) in [5.74, 6) is 0. The summed E-state index contributed by atoms with van der Waals surface area (Å²) in [5, 5.41) is 14.0. The summed E-state index contributed by atoms with van der Waals surface area (Å²) in [7, 11) is 0. The van der Waals surface area contributed by atoms with Crippen molar-refractivity contribution >= 4 is 11.4 Å². The van der Waals surface area contributed by atoms with Gasteiger partial charge in [-0.25, -0.2) is 0 Å². The molecule has 0 radical (unpaired) electrons. The molecule has 0 aliphatic carbocycles. The quantitative estimate of drug-likeness (QED) is 0.446. The third-order valence-corrected chi connectivity index (χ3v) is 3.15. The highest BCUT2D eigenvalue weighted by atomic mass is 16.6. The number of benzene rings is 1. The molecule has 1 aromatic rings. The lowest BCUT2D eigenvalue weighted by atomic mass is 10.2. The Hall–Kier alpha value is -1.62. The van der Waals surface area contributed by atoms with Gasteiger partial charge < -0.3 is 10.2 Å². The zero-order valence-corrected chi connectivity index (χ0v) is 12.0. The Bertz CT molecular complexity index is 417. The number of nitrogens with zero attached hydrogens (tertiary/aromatic N) is 2. The minimum absolute atomic E-state index is 0.145. The van der Waals surface area contributed by atoms with E-state index in [0.717, 1.165) is 43.9 Å². The predicted octanol–water partition coefficient (Wildman–Crippen LogP) is 3.05. The Kier molecular flexibility index (Phi) is 6.29. The highest BCUT2D eigenvalue weighted by Gasteiger charge is 2.07. The summed E-state index contributed by atoms with van der Waals surface area (Å²) in [6, 6.07) is 5.11.